The van der Waals surface area contributed by atoms with Gasteiger partial charge in [0.05, 0.1) is 7.11 Å². The zero-order chi connectivity index (χ0) is 13.1. The van der Waals surface area contributed by atoms with Crippen LogP contribution in [0.4, 0.5) is 4.39 Å². The minimum absolute atomic E-state index is 0.187. The molecule has 1 aromatic carbocycles. The quantitative estimate of drug-likeness (QED) is 0.910. The van der Waals surface area contributed by atoms with Gasteiger partial charge in [-0.2, -0.15) is 11.8 Å². The third kappa shape index (κ3) is 2.79. The van der Waals surface area contributed by atoms with Crippen LogP contribution in [0, 0.1) is 5.82 Å². The number of hydrogen-bond acceptors (Lipinski definition) is 4. The lowest BCUT2D eigenvalue weighted by molar-refractivity contribution is 0.235. The summed E-state index contributed by atoms with van der Waals surface area (Å²) in [4.78, 5) is 2.21. The minimum Gasteiger partial charge on any atom is -0.497 e. The van der Waals surface area contributed by atoms with E-state index in [9.17, 15) is 4.39 Å². The number of benzene rings is 1. The normalized spacial score (nSPS) is 22.8. The molecule has 0 bridgehead atoms. The Hall–Kier alpha value is -0.780. The van der Waals surface area contributed by atoms with Gasteiger partial charge >= 0.3 is 0 Å². The summed E-state index contributed by atoms with van der Waals surface area (Å²) in [5.41, 5.74) is 6.78. The second kappa shape index (κ2) is 5.91. The molecule has 2 N–H and O–H groups in total. The van der Waals surface area contributed by atoms with Crippen molar-refractivity contribution >= 4 is 11.8 Å². The second-order valence-electron chi connectivity index (χ2n) is 4.54. The maximum absolute atomic E-state index is 14.0. The van der Waals surface area contributed by atoms with E-state index in [1.165, 1.54) is 13.2 Å². The largest absolute Gasteiger partial charge is 0.497 e. The van der Waals surface area contributed by atoms with Gasteiger partial charge in [-0.1, -0.05) is 6.07 Å². The van der Waals surface area contributed by atoms with E-state index in [-0.39, 0.29) is 17.9 Å². The number of hydrogen-bond donors (Lipinski definition) is 1. The molecule has 1 aliphatic heterocycles. The molecule has 100 valence electrons. The molecule has 0 spiro atoms. The molecule has 2 atom stereocenters. The van der Waals surface area contributed by atoms with Crippen molar-refractivity contribution in [2.45, 2.75) is 12.1 Å². The summed E-state index contributed by atoms with van der Waals surface area (Å²) in [6, 6.07) is 4.77. The van der Waals surface area contributed by atoms with Crippen LogP contribution in [0.5, 0.6) is 5.75 Å². The zero-order valence-electron chi connectivity index (χ0n) is 10.7. The lowest BCUT2D eigenvalue weighted by Gasteiger charge is -2.36. The first-order valence-electron chi connectivity index (χ1n) is 6.00. The van der Waals surface area contributed by atoms with E-state index >= 15 is 0 Å². The summed E-state index contributed by atoms with van der Waals surface area (Å²) in [6.07, 6.45) is 0. The Labute approximate surface area is 111 Å². The van der Waals surface area contributed by atoms with E-state index in [2.05, 4.69) is 4.90 Å². The van der Waals surface area contributed by atoms with Crippen molar-refractivity contribution in [3.8, 4) is 5.75 Å². The highest BCUT2D eigenvalue weighted by molar-refractivity contribution is 7.99. The van der Waals surface area contributed by atoms with E-state index in [4.69, 9.17) is 10.5 Å². The third-order valence-electron chi connectivity index (χ3n) is 3.42. The Balaban J connectivity index is 2.19. The van der Waals surface area contributed by atoms with Crippen molar-refractivity contribution in [1.29, 1.82) is 0 Å². The number of methoxy groups -OCH3 is 1. The number of ether oxygens (including phenoxy) is 1. The van der Waals surface area contributed by atoms with Crippen LogP contribution in [-0.4, -0.2) is 43.1 Å². The summed E-state index contributed by atoms with van der Waals surface area (Å²) in [7, 11) is 3.58. The van der Waals surface area contributed by atoms with Crippen LogP contribution in [0.3, 0.4) is 0 Å². The van der Waals surface area contributed by atoms with Crippen LogP contribution in [0.25, 0.3) is 0 Å². The molecule has 0 saturated carbocycles. The van der Waals surface area contributed by atoms with E-state index in [0.717, 1.165) is 18.1 Å². The molecular formula is C13H19FN2OS. The smallest absolute Gasteiger partial charge is 0.131 e. The van der Waals surface area contributed by atoms with Gasteiger partial charge in [0.25, 0.3) is 0 Å². The van der Waals surface area contributed by atoms with Gasteiger partial charge in [-0.25, -0.2) is 4.39 Å². The molecule has 0 aliphatic carbocycles. The first kappa shape index (κ1) is 13.6. The molecule has 2 rings (SSSR count). The third-order valence-corrected chi connectivity index (χ3v) is 4.47. The summed E-state index contributed by atoms with van der Waals surface area (Å²) >= 11 is 1.87. The van der Waals surface area contributed by atoms with E-state index < -0.39 is 0 Å². The molecule has 1 fully saturated rings. The Bertz CT molecular complexity index is 416. The Morgan fingerprint density at radius 2 is 2.33 bits per heavy atom. The van der Waals surface area contributed by atoms with Gasteiger partial charge in [-0.05, 0) is 13.1 Å². The Morgan fingerprint density at radius 1 is 1.56 bits per heavy atom. The van der Waals surface area contributed by atoms with Crippen LogP contribution in [0.1, 0.15) is 11.6 Å². The van der Waals surface area contributed by atoms with Gasteiger partial charge < -0.3 is 10.5 Å². The average Bonchev–Trinajstić information content (AvgIpc) is 2.38. The fourth-order valence-electron chi connectivity index (χ4n) is 2.20. The highest BCUT2D eigenvalue weighted by Gasteiger charge is 2.28. The van der Waals surface area contributed by atoms with Crippen molar-refractivity contribution in [2.24, 2.45) is 5.73 Å². The number of nitrogens with zero attached hydrogens (tertiary/aromatic N) is 1. The zero-order valence-corrected chi connectivity index (χ0v) is 11.5. The maximum atomic E-state index is 14.0. The molecular weight excluding hydrogens is 251 g/mol. The van der Waals surface area contributed by atoms with E-state index in [1.807, 2.05) is 18.8 Å². The molecule has 1 saturated heterocycles. The lowest BCUT2D eigenvalue weighted by atomic mass is 9.99. The van der Waals surface area contributed by atoms with Crippen molar-refractivity contribution in [2.75, 3.05) is 32.2 Å². The first-order valence-corrected chi connectivity index (χ1v) is 7.16. The van der Waals surface area contributed by atoms with Crippen molar-refractivity contribution < 1.29 is 9.13 Å². The molecule has 5 heteroatoms. The predicted molar refractivity (Wildman–Crippen MR) is 73.6 cm³/mol. The molecule has 3 nitrogen and oxygen atoms in total. The molecule has 18 heavy (non-hydrogen) atoms. The van der Waals surface area contributed by atoms with Crippen LogP contribution in [0.2, 0.25) is 0 Å². The molecule has 2 unspecified atom stereocenters. The molecule has 1 aliphatic rings. The van der Waals surface area contributed by atoms with Gasteiger partial charge in [0.15, 0.2) is 0 Å². The topological polar surface area (TPSA) is 38.5 Å². The molecule has 1 aromatic rings. The number of halogens is 1. The van der Waals surface area contributed by atoms with E-state index in [0.29, 0.717) is 11.3 Å². The van der Waals surface area contributed by atoms with Crippen LogP contribution in [-0.2, 0) is 0 Å². The average molecular weight is 270 g/mol. The van der Waals surface area contributed by atoms with Gasteiger partial charge in [0, 0.05) is 41.8 Å². The summed E-state index contributed by atoms with van der Waals surface area (Å²) in [6.45, 7) is 1.00. The fourth-order valence-corrected chi connectivity index (χ4v) is 3.48. The highest BCUT2D eigenvalue weighted by Crippen LogP contribution is 2.28. The molecule has 0 amide bonds. The summed E-state index contributed by atoms with van der Waals surface area (Å²) in [5.74, 6) is 2.30. The van der Waals surface area contributed by atoms with Crippen LogP contribution in [0.15, 0.2) is 18.2 Å². The van der Waals surface area contributed by atoms with Crippen molar-refractivity contribution in [1.82, 2.24) is 4.90 Å². The first-order chi connectivity index (χ1) is 8.63. The summed E-state index contributed by atoms with van der Waals surface area (Å²) in [5, 5.41) is 0. The Morgan fingerprint density at radius 3 is 2.94 bits per heavy atom. The van der Waals surface area contributed by atoms with Gasteiger partial charge in [0.2, 0.25) is 0 Å². The number of nitrogens with two attached hydrogens (primary N) is 1. The van der Waals surface area contributed by atoms with Crippen LogP contribution < -0.4 is 10.5 Å². The maximum Gasteiger partial charge on any atom is 0.131 e. The lowest BCUT2D eigenvalue weighted by Crippen LogP contribution is -2.46. The monoisotopic (exact) mass is 270 g/mol. The predicted octanol–water partition coefficient (Wildman–Crippen LogP) is 1.88. The van der Waals surface area contributed by atoms with Gasteiger partial charge in [0.1, 0.15) is 11.6 Å². The number of likely N-dealkylation sites (N-methyl/N-ethyl adjacent to an activating group) is 1. The van der Waals surface area contributed by atoms with Crippen molar-refractivity contribution in [3.63, 3.8) is 0 Å². The minimum atomic E-state index is -0.297. The van der Waals surface area contributed by atoms with Crippen LogP contribution >= 0.6 is 11.8 Å². The molecule has 1 heterocycles. The van der Waals surface area contributed by atoms with Gasteiger partial charge in [-0.15, -0.1) is 0 Å². The number of thioether (sulfide) groups is 1. The van der Waals surface area contributed by atoms with Crippen molar-refractivity contribution in [3.05, 3.63) is 29.6 Å². The Kier molecular flexibility index (Phi) is 4.48. The fraction of sp³-hybridized carbons (Fsp3) is 0.538. The number of rotatable bonds is 3. The van der Waals surface area contributed by atoms with Gasteiger partial charge in [-0.3, -0.25) is 4.90 Å². The van der Waals surface area contributed by atoms with E-state index in [1.54, 1.807) is 12.1 Å². The second-order valence-corrected chi connectivity index (χ2v) is 5.69. The molecule has 0 radical (unpaired) electrons. The SMILES string of the molecule is COc1ccc(C(N)C2CSCCN2C)c(F)c1. The standard InChI is InChI=1S/C13H19FN2OS/c1-16-5-6-18-8-12(16)13(15)10-4-3-9(17-2)7-11(10)14/h3-4,7,12-13H,5-6,8,15H2,1-2H3. The highest BCUT2D eigenvalue weighted by atomic mass is 32.2. The molecule has 0 aromatic heterocycles. The summed E-state index contributed by atoms with van der Waals surface area (Å²) < 4.78 is 19.0.